The van der Waals surface area contributed by atoms with Gasteiger partial charge in [-0.25, -0.2) is 9.18 Å². The number of aromatic nitrogens is 2. The molecule has 1 aromatic carbocycles. The third kappa shape index (κ3) is 2.71. The Balaban J connectivity index is 1.66. The van der Waals surface area contributed by atoms with Crippen LogP contribution >= 0.6 is 0 Å². The minimum Gasteiger partial charge on any atom is -0.297 e. The van der Waals surface area contributed by atoms with Crippen molar-refractivity contribution >= 4 is 5.78 Å². The van der Waals surface area contributed by atoms with E-state index >= 15 is 0 Å². The lowest BCUT2D eigenvalue weighted by Gasteiger charge is -2.02. The molecule has 1 heterocycles. The van der Waals surface area contributed by atoms with Gasteiger partial charge in [0.25, 0.3) is 0 Å². The molecule has 1 aliphatic rings. The summed E-state index contributed by atoms with van der Waals surface area (Å²) in [5.74, 6) is -0.383. The van der Waals surface area contributed by atoms with Crippen LogP contribution in [-0.2, 0) is 17.8 Å². The van der Waals surface area contributed by atoms with Gasteiger partial charge in [-0.2, -0.15) is 0 Å². The first-order valence-corrected chi connectivity index (χ1v) is 6.67. The lowest BCUT2D eigenvalue weighted by molar-refractivity contribution is -0.119. The van der Waals surface area contributed by atoms with E-state index in [2.05, 4.69) is 0 Å². The number of carbonyl (C=O) groups excluding carboxylic acids is 1. The van der Waals surface area contributed by atoms with Crippen LogP contribution in [0, 0.1) is 5.82 Å². The van der Waals surface area contributed by atoms with Gasteiger partial charge in [0.2, 0.25) is 0 Å². The quantitative estimate of drug-likeness (QED) is 0.836. The Bertz CT molecular complexity index is 681. The summed E-state index contributed by atoms with van der Waals surface area (Å²) in [5, 5.41) is 0. The Kier molecular flexibility index (Phi) is 3.26. The Morgan fingerprint density at radius 1 is 1.20 bits per heavy atom. The summed E-state index contributed by atoms with van der Waals surface area (Å²) < 4.78 is 15.9. The molecule has 1 aliphatic carbocycles. The highest BCUT2D eigenvalue weighted by atomic mass is 19.1. The lowest BCUT2D eigenvalue weighted by atomic mass is 10.1. The first-order chi connectivity index (χ1) is 9.63. The molecule has 0 atom stereocenters. The highest BCUT2D eigenvalue weighted by molar-refractivity contribution is 5.80. The normalized spacial score (nSPS) is 14.4. The van der Waals surface area contributed by atoms with Gasteiger partial charge in [-0.1, -0.05) is 12.1 Å². The molecule has 20 heavy (non-hydrogen) atoms. The zero-order chi connectivity index (χ0) is 14.1. The first kappa shape index (κ1) is 12.8. The van der Waals surface area contributed by atoms with Gasteiger partial charge in [-0.05, 0) is 30.5 Å². The van der Waals surface area contributed by atoms with Crippen LogP contribution in [0.5, 0.6) is 0 Å². The largest absolute Gasteiger partial charge is 0.328 e. The van der Waals surface area contributed by atoms with Crippen LogP contribution < -0.4 is 5.69 Å². The lowest BCUT2D eigenvalue weighted by Crippen LogP contribution is -2.26. The fourth-order valence-corrected chi connectivity index (χ4v) is 2.25. The van der Waals surface area contributed by atoms with E-state index in [4.69, 9.17) is 0 Å². The predicted molar refractivity (Wildman–Crippen MR) is 72.1 cm³/mol. The average Bonchev–Trinajstić information content (AvgIpc) is 3.19. The smallest absolute Gasteiger partial charge is 0.297 e. The molecular weight excluding hydrogens is 259 g/mol. The average molecular weight is 274 g/mol. The molecule has 0 radical (unpaired) electrons. The molecule has 3 rings (SSSR count). The molecule has 5 heteroatoms. The second-order valence-corrected chi connectivity index (χ2v) is 5.19. The topological polar surface area (TPSA) is 44.0 Å². The van der Waals surface area contributed by atoms with Crippen molar-refractivity contribution in [1.82, 2.24) is 9.13 Å². The molecule has 0 aliphatic heterocycles. The SMILES string of the molecule is O=C(Cc1ccc(F)cc1)Cn1ccn(C2CC2)c1=O. The van der Waals surface area contributed by atoms with Crippen LogP contribution in [0.15, 0.2) is 41.5 Å². The summed E-state index contributed by atoms with van der Waals surface area (Å²) in [6.45, 7) is 0.0654. The van der Waals surface area contributed by atoms with Gasteiger partial charge in [0.15, 0.2) is 5.78 Å². The monoisotopic (exact) mass is 274 g/mol. The second kappa shape index (κ2) is 5.07. The molecule has 104 valence electrons. The molecule has 0 bridgehead atoms. The molecule has 4 nitrogen and oxygen atoms in total. The van der Waals surface area contributed by atoms with Crippen molar-refractivity contribution in [2.24, 2.45) is 0 Å². The molecule has 1 aromatic heterocycles. The van der Waals surface area contributed by atoms with E-state index in [1.54, 1.807) is 29.1 Å². The number of halogens is 1. The zero-order valence-electron chi connectivity index (χ0n) is 11.0. The standard InChI is InChI=1S/C15H15FN2O2/c16-12-3-1-11(2-4-12)9-14(19)10-17-7-8-18(15(17)20)13-5-6-13/h1-4,7-8,13H,5-6,9-10H2. The van der Waals surface area contributed by atoms with Crippen molar-refractivity contribution in [2.45, 2.75) is 31.8 Å². The molecule has 0 spiro atoms. The number of imidazole rings is 1. The number of ketones is 1. The van der Waals surface area contributed by atoms with E-state index in [9.17, 15) is 14.0 Å². The molecule has 0 unspecified atom stereocenters. The maximum Gasteiger partial charge on any atom is 0.328 e. The second-order valence-electron chi connectivity index (χ2n) is 5.19. The molecule has 2 aromatic rings. The first-order valence-electron chi connectivity index (χ1n) is 6.67. The minimum atomic E-state index is -0.320. The summed E-state index contributed by atoms with van der Waals surface area (Å²) in [5.41, 5.74) is 0.631. The maximum absolute atomic E-state index is 12.8. The summed E-state index contributed by atoms with van der Waals surface area (Å²) in [6, 6.07) is 6.16. The van der Waals surface area contributed by atoms with Crippen LogP contribution in [0.4, 0.5) is 4.39 Å². The van der Waals surface area contributed by atoms with Crippen LogP contribution in [0.2, 0.25) is 0 Å². The third-order valence-electron chi connectivity index (χ3n) is 3.48. The Morgan fingerprint density at radius 2 is 1.90 bits per heavy atom. The van der Waals surface area contributed by atoms with Gasteiger partial charge in [-0.15, -0.1) is 0 Å². The van der Waals surface area contributed by atoms with E-state index in [-0.39, 0.29) is 30.3 Å². The predicted octanol–water partition coefficient (Wildman–Crippen LogP) is 1.94. The Hall–Kier alpha value is -2.17. The maximum atomic E-state index is 12.8. The number of benzene rings is 1. The Morgan fingerprint density at radius 3 is 2.55 bits per heavy atom. The van der Waals surface area contributed by atoms with Gasteiger partial charge in [-0.3, -0.25) is 13.9 Å². The van der Waals surface area contributed by atoms with E-state index in [0.29, 0.717) is 6.04 Å². The van der Waals surface area contributed by atoms with E-state index in [1.807, 2.05) is 0 Å². The van der Waals surface area contributed by atoms with E-state index < -0.39 is 0 Å². The van der Waals surface area contributed by atoms with Gasteiger partial charge >= 0.3 is 5.69 Å². The van der Waals surface area contributed by atoms with Crippen molar-refractivity contribution in [2.75, 3.05) is 0 Å². The zero-order valence-corrected chi connectivity index (χ0v) is 11.0. The highest BCUT2D eigenvalue weighted by Crippen LogP contribution is 2.33. The van der Waals surface area contributed by atoms with Crippen LogP contribution in [-0.4, -0.2) is 14.9 Å². The summed E-state index contributed by atoms with van der Waals surface area (Å²) in [6.07, 6.45) is 5.68. The van der Waals surface area contributed by atoms with Crippen molar-refractivity contribution in [3.63, 3.8) is 0 Å². The van der Waals surface area contributed by atoms with Crippen molar-refractivity contribution in [3.8, 4) is 0 Å². The molecule has 0 amide bonds. The number of hydrogen-bond acceptors (Lipinski definition) is 2. The minimum absolute atomic E-state index is 0.0627. The molecule has 0 saturated heterocycles. The van der Waals surface area contributed by atoms with E-state index in [1.165, 1.54) is 16.7 Å². The van der Waals surface area contributed by atoms with Gasteiger partial charge in [0.1, 0.15) is 5.82 Å². The van der Waals surface area contributed by atoms with Crippen LogP contribution in [0.1, 0.15) is 24.4 Å². The number of nitrogens with zero attached hydrogens (tertiary/aromatic N) is 2. The fraction of sp³-hybridized carbons (Fsp3) is 0.333. The number of hydrogen-bond donors (Lipinski definition) is 0. The Labute approximate surface area is 115 Å². The third-order valence-corrected chi connectivity index (χ3v) is 3.48. The molecule has 1 fully saturated rings. The molecule has 0 N–H and O–H groups in total. The number of carbonyl (C=O) groups is 1. The van der Waals surface area contributed by atoms with Crippen LogP contribution in [0.3, 0.4) is 0 Å². The van der Waals surface area contributed by atoms with Gasteiger partial charge in [0, 0.05) is 24.9 Å². The van der Waals surface area contributed by atoms with Crippen molar-refractivity contribution < 1.29 is 9.18 Å². The summed E-state index contributed by atoms with van der Waals surface area (Å²) in [7, 11) is 0. The van der Waals surface area contributed by atoms with Gasteiger partial charge in [0.05, 0.1) is 6.54 Å². The summed E-state index contributed by atoms with van der Waals surface area (Å²) in [4.78, 5) is 24.0. The fourth-order valence-electron chi connectivity index (χ4n) is 2.25. The molecule has 1 saturated carbocycles. The number of rotatable bonds is 5. The van der Waals surface area contributed by atoms with Crippen LogP contribution in [0.25, 0.3) is 0 Å². The molecular formula is C15H15FN2O2. The van der Waals surface area contributed by atoms with Crippen molar-refractivity contribution in [1.29, 1.82) is 0 Å². The van der Waals surface area contributed by atoms with Crippen molar-refractivity contribution in [3.05, 3.63) is 58.5 Å². The number of Topliss-reactive ketones (excluding diaryl/α,β-unsaturated/α-hetero) is 1. The van der Waals surface area contributed by atoms with Gasteiger partial charge < -0.3 is 0 Å². The highest BCUT2D eigenvalue weighted by Gasteiger charge is 2.25. The van der Waals surface area contributed by atoms with E-state index in [0.717, 1.165) is 18.4 Å². The summed E-state index contributed by atoms with van der Waals surface area (Å²) >= 11 is 0.